The number of nitrogens with zero attached hydrogens (tertiary/aromatic N) is 2. The third-order valence-electron chi connectivity index (χ3n) is 6.24. The zero-order chi connectivity index (χ0) is 20.6. The van der Waals surface area contributed by atoms with Gasteiger partial charge in [-0.15, -0.1) is 0 Å². The average Bonchev–Trinajstić information content (AvgIpc) is 2.74. The van der Waals surface area contributed by atoms with Gasteiger partial charge in [0.25, 0.3) is 0 Å². The van der Waals surface area contributed by atoms with E-state index in [1.54, 1.807) is 17.0 Å². The van der Waals surface area contributed by atoms with Crippen molar-refractivity contribution in [1.82, 2.24) is 15.1 Å². The first-order chi connectivity index (χ1) is 14.0. The Morgan fingerprint density at radius 3 is 2.55 bits per heavy atom. The minimum atomic E-state index is -0.300. The van der Waals surface area contributed by atoms with E-state index < -0.39 is 0 Å². The number of hydrogen-bond acceptors (Lipinski definition) is 3. The van der Waals surface area contributed by atoms with Gasteiger partial charge in [-0.25, -0.2) is 4.39 Å². The molecule has 3 rings (SSSR count). The van der Waals surface area contributed by atoms with Crippen LogP contribution in [0.2, 0.25) is 0 Å². The van der Waals surface area contributed by atoms with Crippen LogP contribution in [0.25, 0.3) is 0 Å². The van der Waals surface area contributed by atoms with Crippen LogP contribution in [0.1, 0.15) is 44.6 Å². The molecule has 0 saturated carbocycles. The normalized spacial score (nSPS) is 21.2. The minimum Gasteiger partial charge on any atom is -0.356 e. The highest BCUT2D eigenvalue weighted by molar-refractivity contribution is 5.82. The highest BCUT2D eigenvalue weighted by atomic mass is 19.1. The number of benzene rings is 1. The Labute approximate surface area is 173 Å². The quantitative estimate of drug-likeness (QED) is 0.713. The molecule has 2 fully saturated rings. The Kier molecular flexibility index (Phi) is 8.04. The van der Waals surface area contributed by atoms with E-state index >= 15 is 0 Å². The molecule has 29 heavy (non-hydrogen) atoms. The summed E-state index contributed by atoms with van der Waals surface area (Å²) in [4.78, 5) is 29.4. The van der Waals surface area contributed by atoms with Crippen LogP contribution in [-0.4, -0.2) is 60.9 Å². The molecule has 2 heterocycles. The second-order valence-electron chi connectivity index (χ2n) is 8.65. The lowest BCUT2D eigenvalue weighted by atomic mass is 9.96. The molecule has 2 saturated heterocycles. The van der Waals surface area contributed by atoms with Gasteiger partial charge in [0.15, 0.2) is 0 Å². The lowest BCUT2D eigenvalue weighted by molar-refractivity contribution is -0.135. The highest BCUT2D eigenvalue weighted by Gasteiger charge is 2.28. The number of carbonyl (C=O) groups is 2. The maximum Gasteiger partial charge on any atom is 0.227 e. The molecule has 5 nitrogen and oxygen atoms in total. The number of likely N-dealkylation sites (tertiary alicyclic amines) is 2. The van der Waals surface area contributed by atoms with E-state index in [2.05, 4.69) is 17.1 Å². The molecule has 6 heteroatoms. The Morgan fingerprint density at radius 1 is 1.10 bits per heavy atom. The fourth-order valence-corrected chi connectivity index (χ4v) is 4.25. The maximum atomic E-state index is 13.0. The van der Waals surface area contributed by atoms with E-state index in [1.165, 1.54) is 38.1 Å². The molecule has 1 atom stereocenters. The zero-order valence-corrected chi connectivity index (χ0v) is 17.5. The zero-order valence-electron chi connectivity index (χ0n) is 17.5. The molecule has 2 aliphatic heterocycles. The summed E-state index contributed by atoms with van der Waals surface area (Å²) in [6.45, 7) is 7.57. The Bertz CT molecular complexity index is 671. The monoisotopic (exact) mass is 403 g/mol. The van der Waals surface area contributed by atoms with Crippen molar-refractivity contribution in [1.29, 1.82) is 0 Å². The first kappa shape index (κ1) is 21.8. The van der Waals surface area contributed by atoms with Gasteiger partial charge in [0.1, 0.15) is 5.82 Å². The number of amides is 2. The lowest BCUT2D eigenvalue weighted by Gasteiger charge is -2.32. The first-order valence-electron chi connectivity index (χ1n) is 11.0. The van der Waals surface area contributed by atoms with E-state index in [1.807, 2.05) is 0 Å². The largest absolute Gasteiger partial charge is 0.356 e. The average molecular weight is 404 g/mol. The van der Waals surface area contributed by atoms with Crippen LogP contribution < -0.4 is 5.32 Å². The third kappa shape index (κ3) is 6.81. The molecule has 160 valence electrons. The number of hydrogen-bond donors (Lipinski definition) is 1. The van der Waals surface area contributed by atoms with E-state index in [-0.39, 0.29) is 30.0 Å². The molecule has 0 bridgehead atoms. The molecule has 1 N–H and O–H groups in total. The minimum absolute atomic E-state index is 0.00781. The summed E-state index contributed by atoms with van der Waals surface area (Å²) in [5.41, 5.74) is 0.801. The summed E-state index contributed by atoms with van der Waals surface area (Å²) in [5.74, 6) is 0.485. The summed E-state index contributed by atoms with van der Waals surface area (Å²) in [6.07, 6.45) is 5.45. The van der Waals surface area contributed by atoms with Crippen LogP contribution in [0, 0.1) is 17.7 Å². The van der Waals surface area contributed by atoms with Crippen molar-refractivity contribution in [2.75, 3.05) is 39.3 Å². The standard InChI is InChI=1S/C23H34FN3O2/c1-18-9-14-26(15-10-18)12-3-11-25-23(29)20-4-2-13-27(17-20)22(28)16-19-5-7-21(24)8-6-19/h5-8,18,20H,2-4,9-17H2,1H3,(H,25,29). The molecule has 0 aromatic heterocycles. The van der Waals surface area contributed by atoms with Gasteiger partial charge >= 0.3 is 0 Å². The van der Waals surface area contributed by atoms with Crippen molar-refractivity contribution in [3.05, 3.63) is 35.6 Å². The molecule has 1 aromatic carbocycles. The van der Waals surface area contributed by atoms with Crippen LogP contribution in [0.15, 0.2) is 24.3 Å². The van der Waals surface area contributed by atoms with Crippen molar-refractivity contribution < 1.29 is 14.0 Å². The van der Waals surface area contributed by atoms with Crippen molar-refractivity contribution in [3.8, 4) is 0 Å². The second-order valence-corrected chi connectivity index (χ2v) is 8.65. The molecule has 0 aliphatic carbocycles. The first-order valence-corrected chi connectivity index (χ1v) is 11.0. The van der Waals surface area contributed by atoms with Gasteiger partial charge in [0.2, 0.25) is 11.8 Å². The maximum absolute atomic E-state index is 13.0. The molecule has 1 unspecified atom stereocenters. The fraction of sp³-hybridized carbons (Fsp3) is 0.652. The number of halogens is 1. The summed E-state index contributed by atoms with van der Waals surface area (Å²) in [5, 5.41) is 3.07. The predicted molar refractivity (Wildman–Crippen MR) is 112 cm³/mol. The van der Waals surface area contributed by atoms with E-state index in [4.69, 9.17) is 0 Å². The van der Waals surface area contributed by atoms with Gasteiger partial charge < -0.3 is 15.1 Å². The van der Waals surface area contributed by atoms with Crippen molar-refractivity contribution in [2.45, 2.75) is 45.4 Å². The molecule has 1 aromatic rings. The summed E-state index contributed by atoms with van der Waals surface area (Å²) >= 11 is 0. The SMILES string of the molecule is CC1CCN(CCCNC(=O)C2CCCN(C(=O)Cc3ccc(F)cc3)C2)CC1. The van der Waals surface area contributed by atoms with Gasteiger partial charge in [-0.1, -0.05) is 19.1 Å². The van der Waals surface area contributed by atoms with Gasteiger partial charge in [-0.2, -0.15) is 0 Å². The molecule has 2 amide bonds. The molecule has 2 aliphatic rings. The summed E-state index contributed by atoms with van der Waals surface area (Å²) in [6, 6.07) is 6.04. The molecule has 0 radical (unpaired) electrons. The number of carbonyl (C=O) groups excluding carboxylic acids is 2. The van der Waals surface area contributed by atoms with Crippen LogP contribution >= 0.6 is 0 Å². The van der Waals surface area contributed by atoms with Crippen LogP contribution in [0.4, 0.5) is 4.39 Å². The van der Waals surface area contributed by atoms with E-state index in [0.717, 1.165) is 37.3 Å². The van der Waals surface area contributed by atoms with Crippen molar-refractivity contribution >= 4 is 11.8 Å². The Balaban J connectivity index is 1.37. The van der Waals surface area contributed by atoms with Crippen LogP contribution in [0.5, 0.6) is 0 Å². The summed E-state index contributed by atoms with van der Waals surface area (Å²) < 4.78 is 13.0. The Hall–Kier alpha value is -1.95. The van der Waals surface area contributed by atoms with E-state index in [9.17, 15) is 14.0 Å². The van der Waals surface area contributed by atoms with Gasteiger partial charge in [0.05, 0.1) is 12.3 Å². The number of piperidine rings is 2. The molecular formula is C23H34FN3O2. The number of rotatable bonds is 7. The number of nitrogens with one attached hydrogen (secondary N) is 1. The van der Waals surface area contributed by atoms with Gasteiger partial charge in [0, 0.05) is 19.6 Å². The summed E-state index contributed by atoms with van der Waals surface area (Å²) in [7, 11) is 0. The lowest BCUT2D eigenvalue weighted by Crippen LogP contribution is -2.46. The third-order valence-corrected chi connectivity index (χ3v) is 6.24. The topological polar surface area (TPSA) is 52.7 Å². The molecular weight excluding hydrogens is 369 g/mol. The molecule has 0 spiro atoms. The highest BCUT2D eigenvalue weighted by Crippen LogP contribution is 2.18. The van der Waals surface area contributed by atoms with Crippen molar-refractivity contribution in [2.24, 2.45) is 11.8 Å². The smallest absolute Gasteiger partial charge is 0.227 e. The second kappa shape index (κ2) is 10.7. The van der Waals surface area contributed by atoms with Crippen LogP contribution in [0.3, 0.4) is 0 Å². The fourth-order valence-electron chi connectivity index (χ4n) is 4.25. The van der Waals surface area contributed by atoms with Crippen LogP contribution in [-0.2, 0) is 16.0 Å². The van der Waals surface area contributed by atoms with Gasteiger partial charge in [-0.05, 0) is 75.4 Å². The van der Waals surface area contributed by atoms with Crippen molar-refractivity contribution in [3.63, 3.8) is 0 Å². The Morgan fingerprint density at radius 2 is 1.83 bits per heavy atom. The van der Waals surface area contributed by atoms with Gasteiger partial charge in [-0.3, -0.25) is 9.59 Å². The predicted octanol–water partition coefficient (Wildman–Crippen LogP) is 2.85. The van der Waals surface area contributed by atoms with E-state index in [0.29, 0.717) is 19.6 Å².